The molecule has 4 rings (SSSR count). The van der Waals surface area contributed by atoms with E-state index >= 15 is 0 Å². The minimum atomic E-state index is -0.617. The first-order valence-electron chi connectivity index (χ1n) is 9.41. The Labute approximate surface area is 182 Å². The first-order valence-corrected chi connectivity index (χ1v) is 10.3. The summed E-state index contributed by atoms with van der Waals surface area (Å²) in [5, 5.41) is 5.30. The predicted molar refractivity (Wildman–Crippen MR) is 119 cm³/mol. The fraction of sp³-hybridized carbons (Fsp3) is 0.0435. The van der Waals surface area contributed by atoms with E-state index in [0.29, 0.717) is 10.9 Å². The molecule has 2 aromatic carbocycles. The Morgan fingerprint density at radius 2 is 1.77 bits per heavy atom. The van der Waals surface area contributed by atoms with Gasteiger partial charge in [0, 0.05) is 17.1 Å². The van der Waals surface area contributed by atoms with E-state index in [-0.39, 0.29) is 23.8 Å². The smallest absolute Gasteiger partial charge is 0.254 e. The topological polar surface area (TPSA) is 107 Å². The van der Waals surface area contributed by atoms with Gasteiger partial charge in [0.1, 0.15) is 11.3 Å². The molecule has 0 aliphatic rings. The molecule has 4 aromatic rings. The van der Waals surface area contributed by atoms with Gasteiger partial charge in [-0.05, 0) is 29.8 Å². The molecule has 7 nitrogen and oxygen atoms in total. The molecular weight excluding hydrogens is 412 g/mol. The number of primary amides is 1. The molecule has 0 aliphatic carbocycles. The number of pyridine rings is 1. The molecule has 2 amide bonds. The maximum Gasteiger partial charge on any atom is 0.254 e. The molecule has 0 bridgehead atoms. The van der Waals surface area contributed by atoms with Crippen LogP contribution in [0.2, 0.25) is 0 Å². The number of hydrogen-bond acceptors (Lipinski definition) is 6. The Bertz CT molecular complexity index is 1210. The Kier molecular flexibility index (Phi) is 6.00. The van der Waals surface area contributed by atoms with Crippen LogP contribution in [0.4, 0.5) is 5.13 Å². The van der Waals surface area contributed by atoms with Gasteiger partial charge in [0.05, 0.1) is 12.1 Å². The lowest BCUT2D eigenvalue weighted by Gasteiger charge is -2.08. The number of benzene rings is 2. The van der Waals surface area contributed by atoms with Gasteiger partial charge in [-0.1, -0.05) is 42.5 Å². The van der Waals surface area contributed by atoms with Crippen molar-refractivity contribution in [2.75, 3.05) is 5.32 Å². The monoisotopic (exact) mass is 430 g/mol. The first-order chi connectivity index (χ1) is 15.1. The van der Waals surface area contributed by atoms with Crippen LogP contribution in [-0.2, 0) is 11.2 Å². The molecule has 154 valence electrons. The zero-order valence-corrected chi connectivity index (χ0v) is 17.1. The van der Waals surface area contributed by atoms with Crippen LogP contribution >= 0.6 is 11.3 Å². The second-order valence-electron chi connectivity index (χ2n) is 6.60. The van der Waals surface area contributed by atoms with E-state index in [2.05, 4.69) is 15.3 Å². The highest BCUT2D eigenvalue weighted by molar-refractivity contribution is 7.14. The van der Waals surface area contributed by atoms with Crippen LogP contribution in [0.3, 0.4) is 0 Å². The van der Waals surface area contributed by atoms with Crippen LogP contribution in [-0.4, -0.2) is 21.8 Å². The van der Waals surface area contributed by atoms with Gasteiger partial charge in [0.2, 0.25) is 11.8 Å². The summed E-state index contributed by atoms with van der Waals surface area (Å²) in [5.74, 6) is -0.159. The lowest BCUT2D eigenvalue weighted by molar-refractivity contribution is -0.115. The highest BCUT2D eigenvalue weighted by atomic mass is 32.1. The third-order valence-corrected chi connectivity index (χ3v) is 5.12. The van der Waals surface area contributed by atoms with Gasteiger partial charge in [-0.25, -0.2) is 9.97 Å². The van der Waals surface area contributed by atoms with Gasteiger partial charge < -0.3 is 15.8 Å². The highest BCUT2D eigenvalue weighted by Gasteiger charge is 2.12. The summed E-state index contributed by atoms with van der Waals surface area (Å²) >= 11 is 1.38. The molecule has 2 aromatic heterocycles. The fourth-order valence-corrected chi connectivity index (χ4v) is 3.60. The Morgan fingerprint density at radius 1 is 1.00 bits per heavy atom. The number of hydrogen-bond donors (Lipinski definition) is 2. The molecule has 8 heteroatoms. The van der Waals surface area contributed by atoms with Crippen molar-refractivity contribution in [1.29, 1.82) is 0 Å². The largest absolute Gasteiger partial charge is 0.438 e. The normalized spacial score (nSPS) is 10.5. The predicted octanol–water partition coefficient (Wildman–Crippen LogP) is 4.28. The van der Waals surface area contributed by atoms with E-state index in [4.69, 9.17) is 10.5 Å². The van der Waals surface area contributed by atoms with Gasteiger partial charge >= 0.3 is 0 Å². The lowest BCUT2D eigenvalue weighted by Crippen LogP contribution is -2.14. The van der Waals surface area contributed by atoms with Crippen molar-refractivity contribution < 1.29 is 14.3 Å². The van der Waals surface area contributed by atoms with Crippen molar-refractivity contribution in [3.05, 3.63) is 89.4 Å². The number of carbonyl (C=O) groups is 2. The van der Waals surface area contributed by atoms with E-state index in [1.807, 2.05) is 35.7 Å². The molecule has 0 fully saturated rings. The van der Waals surface area contributed by atoms with Crippen molar-refractivity contribution in [3.63, 3.8) is 0 Å². The molecule has 0 atom stereocenters. The number of nitrogens with two attached hydrogens (primary N) is 1. The molecular formula is C23H18N4O3S. The van der Waals surface area contributed by atoms with E-state index in [0.717, 1.165) is 16.8 Å². The summed E-state index contributed by atoms with van der Waals surface area (Å²) in [4.78, 5) is 32.4. The van der Waals surface area contributed by atoms with Crippen LogP contribution in [0.25, 0.3) is 11.3 Å². The number of rotatable bonds is 7. The summed E-state index contributed by atoms with van der Waals surface area (Å²) < 4.78 is 5.65. The fourth-order valence-electron chi connectivity index (χ4n) is 2.87. The lowest BCUT2D eigenvalue weighted by atomic mass is 10.1. The van der Waals surface area contributed by atoms with E-state index in [9.17, 15) is 9.59 Å². The van der Waals surface area contributed by atoms with Crippen molar-refractivity contribution >= 4 is 28.3 Å². The maximum absolute atomic E-state index is 12.4. The van der Waals surface area contributed by atoms with Gasteiger partial charge in [-0.15, -0.1) is 11.3 Å². The number of nitrogens with one attached hydrogen (secondary N) is 1. The molecule has 2 heterocycles. The maximum atomic E-state index is 12.4. The van der Waals surface area contributed by atoms with Gasteiger partial charge in [-0.2, -0.15) is 0 Å². The summed E-state index contributed by atoms with van der Waals surface area (Å²) in [6.07, 6.45) is 1.71. The molecule has 0 unspecified atom stereocenters. The van der Waals surface area contributed by atoms with Crippen molar-refractivity contribution in [1.82, 2.24) is 9.97 Å². The highest BCUT2D eigenvalue weighted by Crippen LogP contribution is 2.25. The summed E-state index contributed by atoms with van der Waals surface area (Å²) in [6, 6.07) is 19.9. The van der Waals surface area contributed by atoms with Gasteiger partial charge in [-0.3, -0.25) is 9.59 Å². The number of amides is 2. The van der Waals surface area contributed by atoms with E-state index < -0.39 is 5.91 Å². The SMILES string of the molecule is NC(=O)c1cccnc1Oc1ccc(CC(=O)Nc2nc(-c3ccccc3)cs2)cc1. The van der Waals surface area contributed by atoms with Gasteiger partial charge in [0.25, 0.3) is 5.91 Å². The Hall–Kier alpha value is -4.04. The minimum absolute atomic E-state index is 0.137. The number of nitrogens with zero attached hydrogens (tertiary/aromatic N) is 2. The summed E-state index contributed by atoms with van der Waals surface area (Å²) in [5.41, 5.74) is 8.17. The average molecular weight is 430 g/mol. The zero-order chi connectivity index (χ0) is 21.6. The van der Waals surface area contributed by atoms with Gasteiger partial charge in [0.15, 0.2) is 5.13 Å². The third kappa shape index (κ3) is 5.12. The zero-order valence-electron chi connectivity index (χ0n) is 16.3. The van der Waals surface area contributed by atoms with Crippen LogP contribution < -0.4 is 15.8 Å². The molecule has 0 saturated heterocycles. The molecule has 0 saturated carbocycles. The first kappa shape index (κ1) is 20.2. The van der Waals surface area contributed by atoms with E-state index in [1.165, 1.54) is 17.5 Å². The molecule has 0 aliphatic heterocycles. The number of thiazole rings is 1. The molecule has 0 radical (unpaired) electrons. The Balaban J connectivity index is 1.37. The summed E-state index contributed by atoms with van der Waals surface area (Å²) in [7, 11) is 0. The van der Waals surface area contributed by atoms with Crippen molar-refractivity contribution in [2.45, 2.75) is 6.42 Å². The van der Waals surface area contributed by atoms with Crippen molar-refractivity contribution in [2.24, 2.45) is 5.73 Å². The minimum Gasteiger partial charge on any atom is -0.438 e. The number of carbonyl (C=O) groups excluding carboxylic acids is 2. The molecule has 3 N–H and O–H groups in total. The second-order valence-corrected chi connectivity index (χ2v) is 7.45. The standard InChI is InChI=1S/C23H18N4O3S/c24-21(29)18-7-4-12-25-22(18)30-17-10-8-15(9-11-17)13-20(28)27-23-26-19(14-31-23)16-5-2-1-3-6-16/h1-12,14H,13H2,(H2,24,29)(H,26,27,28). The summed E-state index contributed by atoms with van der Waals surface area (Å²) in [6.45, 7) is 0. The average Bonchev–Trinajstić information content (AvgIpc) is 3.24. The number of aromatic nitrogens is 2. The van der Waals surface area contributed by atoms with Crippen LogP contribution in [0.5, 0.6) is 11.6 Å². The Morgan fingerprint density at radius 3 is 2.52 bits per heavy atom. The quantitative estimate of drug-likeness (QED) is 0.455. The van der Waals surface area contributed by atoms with Crippen LogP contribution in [0, 0.1) is 0 Å². The second kappa shape index (κ2) is 9.19. The van der Waals surface area contributed by atoms with Crippen molar-refractivity contribution in [3.8, 4) is 22.9 Å². The third-order valence-electron chi connectivity index (χ3n) is 4.36. The number of ether oxygens (including phenoxy) is 1. The van der Waals surface area contributed by atoms with E-state index in [1.54, 1.807) is 36.4 Å². The number of anilines is 1. The molecule has 31 heavy (non-hydrogen) atoms. The van der Waals surface area contributed by atoms with Crippen LogP contribution in [0.15, 0.2) is 78.3 Å². The molecule has 0 spiro atoms. The van der Waals surface area contributed by atoms with Crippen LogP contribution in [0.1, 0.15) is 15.9 Å².